The van der Waals surface area contributed by atoms with Crippen molar-refractivity contribution >= 4 is 0 Å². The predicted octanol–water partition coefficient (Wildman–Crippen LogP) is -16.7. The van der Waals surface area contributed by atoms with Gasteiger partial charge in [-0.15, -0.1) is 0 Å². The van der Waals surface area contributed by atoms with Gasteiger partial charge in [-0.3, -0.25) is 0 Å². The van der Waals surface area contributed by atoms with Crippen molar-refractivity contribution in [2.45, 2.75) is 37.6 Å². The maximum absolute atomic E-state index is 8.60. The summed E-state index contributed by atoms with van der Waals surface area (Å²) in [4.78, 5) is 6.95. The van der Waals surface area contributed by atoms with E-state index in [1.165, 1.54) is 68.1 Å². The molecule has 3 rings (SSSR count). The Balaban J connectivity index is -0.000000198. The van der Waals surface area contributed by atoms with E-state index in [2.05, 4.69) is 11.5 Å². The van der Waals surface area contributed by atoms with E-state index < -0.39 is 5.54 Å². The molecule has 0 amide bonds. The van der Waals surface area contributed by atoms with Gasteiger partial charge in [0.15, 0.2) is 5.54 Å². The van der Waals surface area contributed by atoms with Gasteiger partial charge in [-0.2, -0.15) is 0 Å². The van der Waals surface area contributed by atoms with Crippen LogP contribution in [0.4, 0.5) is 0 Å². The number of hydrogen-bond donors (Lipinski definition) is 21. The zero-order valence-electron chi connectivity index (χ0n) is 38.7. The average Bonchev–Trinajstić information content (AvgIpc) is 3.80. The van der Waals surface area contributed by atoms with Gasteiger partial charge in [0.25, 0.3) is 0 Å². The summed E-state index contributed by atoms with van der Waals surface area (Å²) in [7, 11) is 4.02. The minimum atomic E-state index is -0.958. The van der Waals surface area contributed by atoms with Gasteiger partial charge in [0.05, 0.1) is 139 Å². The van der Waals surface area contributed by atoms with Crippen LogP contribution in [0.3, 0.4) is 0 Å². The second kappa shape index (κ2) is 59.1. The molecular weight excluding hydrogens is 804 g/mol. The Bertz CT molecular complexity index is 692. The van der Waals surface area contributed by atoms with Crippen LogP contribution >= 0.6 is 0 Å². The smallest absolute Gasteiger partial charge is 0.164 e. The summed E-state index contributed by atoms with van der Waals surface area (Å²) in [5.41, 5.74) is 5.77. The van der Waals surface area contributed by atoms with Crippen LogP contribution in [0, 0.1) is 0 Å². The minimum absolute atomic E-state index is 0.106. The molecule has 0 aromatic rings. The highest BCUT2D eigenvalue weighted by atomic mass is 16.5. The number of quaternary nitrogens is 8. The van der Waals surface area contributed by atoms with E-state index in [0.717, 1.165) is 57.4 Å². The maximum Gasteiger partial charge on any atom is 0.164 e. The van der Waals surface area contributed by atoms with Crippen molar-refractivity contribution in [2.24, 2.45) is 0 Å². The molecule has 0 radical (unpaired) electrons. The van der Waals surface area contributed by atoms with Crippen LogP contribution in [0.2, 0.25) is 0 Å². The molecule has 22 heteroatoms. The van der Waals surface area contributed by atoms with E-state index in [4.69, 9.17) is 71.1 Å². The molecule has 376 valence electrons. The lowest BCUT2D eigenvalue weighted by molar-refractivity contribution is -0.908. The lowest BCUT2D eigenvalue weighted by Crippen LogP contribution is -3.14. The molecule has 0 aromatic heterocycles. The highest BCUT2D eigenvalue weighted by Gasteiger charge is 2.25. The Labute approximate surface area is 367 Å². The normalized spacial score (nSPS) is 15.4. The third-order valence-corrected chi connectivity index (χ3v) is 9.31. The van der Waals surface area contributed by atoms with Gasteiger partial charge in [0.1, 0.15) is 78.7 Å². The summed E-state index contributed by atoms with van der Waals surface area (Å²) in [6.45, 7) is 17.7. The molecule has 3 fully saturated rings. The van der Waals surface area contributed by atoms with Crippen molar-refractivity contribution in [1.29, 1.82) is 0 Å². The first-order valence-electron chi connectivity index (χ1n) is 22.5. The third kappa shape index (κ3) is 59.1. The van der Waals surface area contributed by atoms with E-state index in [0.29, 0.717) is 65.7 Å². The fraction of sp³-hybridized carbons (Fsp3) is 1.00. The maximum atomic E-state index is 8.60. The number of likely N-dealkylation sites (tertiary alicyclic amines) is 2. The molecule has 3 aliphatic heterocycles. The minimum Gasteiger partial charge on any atom is -0.391 e. The summed E-state index contributed by atoms with van der Waals surface area (Å²) >= 11 is 0. The first-order valence-corrected chi connectivity index (χ1v) is 22.5. The molecule has 26 N–H and O–H groups in total. The lowest BCUT2D eigenvalue weighted by atomic mass is 10.1. The fourth-order valence-electron chi connectivity index (χ4n) is 5.36. The molecule has 0 aromatic carbocycles. The average molecular weight is 909 g/mol. The van der Waals surface area contributed by atoms with Gasteiger partial charge in [-0.25, -0.2) is 0 Å². The van der Waals surface area contributed by atoms with E-state index in [9.17, 15) is 0 Å². The molecule has 0 unspecified atom stereocenters. The number of hydrogen-bond acceptors (Lipinski definition) is 14. The zero-order valence-corrected chi connectivity index (χ0v) is 38.7. The number of likely N-dealkylation sites (N-methyl/N-ethyl adjacent to an activating group) is 1. The Morgan fingerprint density at radius 1 is 0.475 bits per heavy atom. The highest BCUT2D eigenvalue weighted by Crippen LogP contribution is 1.93. The van der Waals surface area contributed by atoms with Crippen molar-refractivity contribution in [2.75, 3.05) is 218 Å². The number of ether oxygens (including phenoxy) is 1. The number of aliphatic hydroxyl groups is 13. The van der Waals surface area contributed by atoms with Crippen molar-refractivity contribution in [1.82, 2.24) is 0 Å². The quantitative estimate of drug-likeness (QED) is 0.0449. The Kier molecular flexibility index (Phi) is 67.0. The zero-order chi connectivity index (χ0) is 47.3. The molecule has 3 saturated heterocycles. The van der Waals surface area contributed by atoms with Crippen LogP contribution < -0.4 is 41.3 Å². The molecule has 0 saturated carbocycles. The van der Waals surface area contributed by atoms with Gasteiger partial charge < -0.3 is 112 Å². The van der Waals surface area contributed by atoms with Gasteiger partial charge in [-0.1, -0.05) is 0 Å². The van der Waals surface area contributed by atoms with Crippen LogP contribution in [-0.4, -0.2) is 290 Å². The highest BCUT2D eigenvalue weighted by molar-refractivity contribution is 4.71. The van der Waals surface area contributed by atoms with Gasteiger partial charge >= 0.3 is 0 Å². The summed E-state index contributed by atoms with van der Waals surface area (Å²) in [6.07, 6.45) is 6.82. The number of rotatable bonds is 22. The van der Waals surface area contributed by atoms with Crippen molar-refractivity contribution in [3.63, 3.8) is 0 Å². The Hall–Kier alpha value is -0.880. The summed E-state index contributed by atoms with van der Waals surface area (Å²) < 4.78 is 5.14. The monoisotopic (exact) mass is 909 g/mol. The van der Waals surface area contributed by atoms with Crippen LogP contribution in [0.5, 0.6) is 0 Å². The molecule has 61 heavy (non-hydrogen) atoms. The van der Waals surface area contributed by atoms with E-state index in [1.54, 1.807) is 9.80 Å². The second-order valence-corrected chi connectivity index (χ2v) is 15.3. The third-order valence-electron chi connectivity index (χ3n) is 9.31. The van der Waals surface area contributed by atoms with Crippen LogP contribution in [-0.2, 0) is 4.74 Å². The second-order valence-electron chi connectivity index (χ2n) is 15.3. The topological polar surface area (TPSA) is 366 Å². The summed E-state index contributed by atoms with van der Waals surface area (Å²) in [6, 6.07) is 0. The molecule has 0 atom stereocenters. The first-order chi connectivity index (χ1) is 29.4. The van der Waals surface area contributed by atoms with E-state index in [1.807, 2.05) is 19.4 Å². The Morgan fingerprint density at radius 2 is 0.803 bits per heavy atom. The summed E-state index contributed by atoms with van der Waals surface area (Å²) in [5, 5.41) is 111. The van der Waals surface area contributed by atoms with Crippen molar-refractivity contribution in [3.8, 4) is 0 Å². The molecule has 3 aliphatic rings. The summed E-state index contributed by atoms with van der Waals surface area (Å²) in [5.74, 6) is 0. The number of aliphatic hydroxyl groups excluding tert-OH is 13. The number of morpholine rings is 1. The van der Waals surface area contributed by atoms with Gasteiger partial charge in [0, 0.05) is 12.8 Å². The molecule has 0 aliphatic carbocycles. The van der Waals surface area contributed by atoms with Gasteiger partial charge in [0.2, 0.25) is 0 Å². The van der Waals surface area contributed by atoms with E-state index in [-0.39, 0.29) is 59.5 Å². The SMILES string of the molecule is C[NH+](C)CCO.OCC[NH+](CCO)CCO.OCC[NH+]1CCCC1.OCC[NH+]1CCCCC1.OCC[NH+]1CCOCC1.OCC[NH2+]CCO.[NH3+]C(CO)(CO)CO.[NH3+]CCO. The standard InChI is InChI=1S/C7H15NO.C6H15NO3.C6H13NO2.C6H13NO.C4H11NO3.C4H11NO2.C4H11NO.C2H7NO/c9-7-6-8-4-2-1-3-5-8;8-4-1-7(2-5-9)3-6-10;8-4-1-7-2-5-9-6-3-7;8-6-5-7-3-1-2-4-7;5-4(1-6,2-7)3-8;6-3-1-5-2-4-7;1-5(2)3-4-6;3-1-2-4/h9H,1-7H2;8-10H,1-6H2;8H,1-6H2;8H,1-6H2;6-8H,1-3,5H2;5-7H,1-4H2;6H,3-4H2,1-2H3;4H,1-3H2/p+8. The number of nitrogens with two attached hydrogens (primary N) is 1. The predicted molar refractivity (Wildman–Crippen MR) is 231 cm³/mol. The van der Waals surface area contributed by atoms with Crippen LogP contribution in [0.25, 0.3) is 0 Å². The Morgan fingerprint density at radius 3 is 1.03 bits per heavy atom. The molecule has 0 spiro atoms. The van der Waals surface area contributed by atoms with Crippen LogP contribution in [0.15, 0.2) is 0 Å². The first kappa shape index (κ1) is 69.2. The lowest BCUT2D eigenvalue weighted by Gasteiger charge is -2.22. The van der Waals surface area contributed by atoms with Crippen molar-refractivity contribution < 1.29 is 112 Å². The van der Waals surface area contributed by atoms with E-state index >= 15 is 0 Å². The molecule has 0 bridgehead atoms. The van der Waals surface area contributed by atoms with Crippen LogP contribution in [0.1, 0.15) is 32.1 Å². The molecule has 22 nitrogen and oxygen atoms in total. The number of piperidine rings is 1. The fourth-order valence-corrected chi connectivity index (χ4v) is 5.36. The molecular formula is C39H104N8O14+8. The largest absolute Gasteiger partial charge is 0.391 e. The van der Waals surface area contributed by atoms with Crippen molar-refractivity contribution in [3.05, 3.63) is 0 Å². The van der Waals surface area contributed by atoms with Gasteiger partial charge in [-0.05, 0) is 19.3 Å². The molecule has 3 heterocycles. The number of nitrogens with one attached hydrogen (secondary N) is 5.